The maximum absolute atomic E-state index is 13.6. The first-order valence-corrected chi connectivity index (χ1v) is 14.8. The fourth-order valence-corrected chi connectivity index (χ4v) is 5.85. The van der Waals surface area contributed by atoms with Crippen molar-refractivity contribution in [3.05, 3.63) is 64.2 Å². The van der Waals surface area contributed by atoms with E-state index in [9.17, 15) is 49.4 Å². The summed E-state index contributed by atoms with van der Waals surface area (Å²) in [5.74, 6) is -1.38. The zero-order chi connectivity index (χ0) is 34.7. The molecule has 266 valence electrons. The van der Waals surface area contributed by atoms with Gasteiger partial charge in [-0.1, -0.05) is 17.2 Å². The number of aryl methyl sites for hydroxylation is 1. The molecule has 1 N–H and O–H groups in total. The molecule has 1 heterocycles. The third-order valence-corrected chi connectivity index (χ3v) is 8.11. The number of aliphatic carboxylic acids is 1. The van der Waals surface area contributed by atoms with Gasteiger partial charge in [-0.15, -0.1) is 17.5 Å². The van der Waals surface area contributed by atoms with E-state index < -0.39 is 54.5 Å². The van der Waals surface area contributed by atoms with E-state index >= 15 is 0 Å². The number of carboxylic acid groups (broad SMARTS) is 1. The number of carbonyl (C=O) groups is 1. The lowest BCUT2D eigenvalue weighted by molar-refractivity contribution is -0.144. The number of hydrogen-bond acceptors (Lipinski definition) is 6. The minimum atomic E-state index is -5.09. The summed E-state index contributed by atoms with van der Waals surface area (Å²) in [7, 11) is 1.40. The summed E-state index contributed by atoms with van der Waals surface area (Å²) in [5, 5.41) is 21.0. The molecule has 8 nitrogen and oxygen atoms in total. The summed E-state index contributed by atoms with van der Waals surface area (Å²) in [6, 6.07) is 5.30. The lowest BCUT2D eigenvalue weighted by Crippen LogP contribution is -2.34. The van der Waals surface area contributed by atoms with Crippen LogP contribution in [0.2, 0.25) is 0 Å². The molecule has 0 atom stereocenters. The van der Waals surface area contributed by atoms with Crippen LogP contribution in [0.3, 0.4) is 0 Å². The van der Waals surface area contributed by atoms with Gasteiger partial charge < -0.3 is 14.9 Å². The Labute approximate surface area is 276 Å². The van der Waals surface area contributed by atoms with Crippen LogP contribution >= 0.6 is 12.4 Å². The van der Waals surface area contributed by atoms with Gasteiger partial charge in [0.2, 0.25) is 0 Å². The third kappa shape index (κ3) is 10.4. The van der Waals surface area contributed by atoms with Crippen LogP contribution in [0.4, 0.5) is 51.1 Å². The molecule has 2 aromatic carbocycles. The SMILES string of the molecule is CCN(CC1CCC(C(=O)O)CC1)c1ccc(CC(F)(F)F)cc1CN(Cc1cc(C(F)(F)F)cc(C(F)(F)F)c1)c1nnn(C)n1.Cl. The van der Waals surface area contributed by atoms with Gasteiger partial charge in [0.05, 0.1) is 30.5 Å². The fourth-order valence-electron chi connectivity index (χ4n) is 5.85. The summed E-state index contributed by atoms with van der Waals surface area (Å²) < 4.78 is 122. The van der Waals surface area contributed by atoms with E-state index in [4.69, 9.17) is 0 Å². The van der Waals surface area contributed by atoms with E-state index in [0.29, 0.717) is 62.2 Å². The van der Waals surface area contributed by atoms with Crippen LogP contribution in [0.1, 0.15) is 60.4 Å². The molecule has 0 unspecified atom stereocenters. The van der Waals surface area contributed by atoms with Crippen molar-refractivity contribution in [2.24, 2.45) is 18.9 Å². The van der Waals surface area contributed by atoms with Gasteiger partial charge in [-0.3, -0.25) is 4.79 Å². The summed E-state index contributed by atoms with van der Waals surface area (Å²) in [4.78, 5) is 15.6. The zero-order valence-electron chi connectivity index (χ0n) is 25.8. The van der Waals surface area contributed by atoms with Gasteiger partial charge in [0.15, 0.2) is 0 Å². The van der Waals surface area contributed by atoms with Crippen molar-refractivity contribution in [1.82, 2.24) is 20.2 Å². The molecular formula is C30H34ClF9N6O2. The molecule has 1 aromatic heterocycles. The lowest BCUT2D eigenvalue weighted by atomic mass is 9.81. The third-order valence-electron chi connectivity index (χ3n) is 8.11. The number of aromatic nitrogens is 4. The normalized spacial score (nSPS) is 17.1. The highest BCUT2D eigenvalue weighted by atomic mass is 35.5. The molecule has 1 aliphatic rings. The number of hydrogen-bond donors (Lipinski definition) is 1. The molecular weight excluding hydrogens is 683 g/mol. The minimum Gasteiger partial charge on any atom is -0.481 e. The molecule has 1 fully saturated rings. The van der Waals surface area contributed by atoms with Crippen molar-refractivity contribution in [2.75, 3.05) is 22.9 Å². The molecule has 0 aliphatic heterocycles. The van der Waals surface area contributed by atoms with Crippen LogP contribution in [0.25, 0.3) is 0 Å². The predicted octanol–water partition coefficient (Wildman–Crippen LogP) is 7.70. The maximum atomic E-state index is 13.6. The number of rotatable bonds is 11. The highest BCUT2D eigenvalue weighted by Crippen LogP contribution is 2.38. The van der Waals surface area contributed by atoms with Crippen molar-refractivity contribution >= 4 is 30.0 Å². The Bertz CT molecular complexity index is 1500. The maximum Gasteiger partial charge on any atom is 0.416 e. The smallest absolute Gasteiger partial charge is 0.416 e. The first kappa shape index (κ1) is 38.7. The summed E-state index contributed by atoms with van der Waals surface area (Å²) in [6.07, 6.45) is -13.8. The Morgan fingerprint density at radius 2 is 1.48 bits per heavy atom. The monoisotopic (exact) mass is 716 g/mol. The summed E-state index contributed by atoms with van der Waals surface area (Å²) >= 11 is 0. The van der Waals surface area contributed by atoms with E-state index in [0.717, 1.165) is 4.80 Å². The Kier molecular flexibility index (Phi) is 12.3. The van der Waals surface area contributed by atoms with E-state index in [1.54, 1.807) is 0 Å². The second-order valence-corrected chi connectivity index (χ2v) is 11.7. The van der Waals surface area contributed by atoms with Gasteiger partial charge in [0.25, 0.3) is 5.95 Å². The molecule has 18 heteroatoms. The molecule has 4 rings (SSSR count). The number of nitrogens with zero attached hydrogens (tertiary/aromatic N) is 6. The molecule has 0 radical (unpaired) electrons. The second-order valence-electron chi connectivity index (χ2n) is 11.7. The zero-order valence-corrected chi connectivity index (χ0v) is 26.6. The van der Waals surface area contributed by atoms with Crippen LogP contribution in [0.5, 0.6) is 0 Å². The van der Waals surface area contributed by atoms with Crippen LogP contribution in [0, 0.1) is 11.8 Å². The van der Waals surface area contributed by atoms with Gasteiger partial charge in [-0.05, 0) is 84.7 Å². The first-order chi connectivity index (χ1) is 21.8. The minimum absolute atomic E-state index is 0. The molecule has 3 aromatic rings. The average Bonchev–Trinajstić information content (AvgIpc) is 3.40. The van der Waals surface area contributed by atoms with Crippen LogP contribution in [-0.2, 0) is 43.7 Å². The highest BCUT2D eigenvalue weighted by Gasteiger charge is 2.37. The van der Waals surface area contributed by atoms with Crippen molar-refractivity contribution < 1.29 is 49.4 Å². The van der Waals surface area contributed by atoms with Gasteiger partial charge >= 0.3 is 24.5 Å². The molecule has 0 spiro atoms. The summed E-state index contributed by atoms with van der Waals surface area (Å²) in [6.45, 7) is 1.86. The highest BCUT2D eigenvalue weighted by molar-refractivity contribution is 5.85. The van der Waals surface area contributed by atoms with Crippen LogP contribution in [0.15, 0.2) is 36.4 Å². The first-order valence-electron chi connectivity index (χ1n) is 14.8. The van der Waals surface area contributed by atoms with Crippen LogP contribution < -0.4 is 9.80 Å². The van der Waals surface area contributed by atoms with Gasteiger partial charge in [0.1, 0.15) is 0 Å². The van der Waals surface area contributed by atoms with Crippen molar-refractivity contribution in [2.45, 2.75) is 70.6 Å². The number of benzene rings is 2. The summed E-state index contributed by atoms with van der Waals surface area (Å²) in [5.41, 5.74) is -2.69. The van der Waals surface area contributed by atoms with E-state index in [1.165, 1.54) is 30.1 Å². The van der Waals surface area contributed by atoms with Crippen molar-refractivity contribution in [1.29, 1.82) is 0 Å². The van der Waals surface area contributed by atoms with E-state index in [2.05, 4.69) is 15.4 Å². The molecule has 1 saturated carbocycles. The second kappa shape index (κ2) is 15.2. The quantitative estimate of drug-likeness (QED) is 0.204. The average molecular weight is 717 g/mol. The fraction of sp³-hybridized carbons (Fsp3) is 0.533. The van der Waals surface area contributed by atoms with Gasteiger partial charge in [-0.25, -0.2) is 0 Å². The lowest BCUT2D eigenvalue weighted by Gasteiger charge is -2.34. The van der Waals surface area contributed by atoms with E-state index in [1.807, 2.05) is 11.8 Å². The topological polar surface area (TPSA) is 87.4 Å². The number of halogens is 10. The molecule has 1 aliphatic carbocycles. The number of carboxylic acids is 1. The Morgan fingerprint density at radius 3 is 1.96 bits per heavy atom. The van der Waals surface area contributed by atoms with Crippen molar-refractivity contribution in [3.8, 4) is 0 Å². The molecule has 0 saturated heterocycles. The van der Waals surface area contributed by atoms with Crippen molar-refractivity contribution in [3.63, 3.8) is 0 Å². The largest absolute Gasteiger partial charge is 0.481 e. The number of anilines is 2. The van der Waals surface area contributed by atoms with E-state index in [-0.39, 0.29) is 48.0 Å². The predicted molar refractivity (Wildman–Crippen MR) is 160 cm³/mol. The van der Waals surface area contributed by atoms with Gasteiger partial charge in [-0.2, -0.15) is 44.3 Å². The van der Waals surface area contributed by atoms with Gasteiger partial charge in [0, 0.05) is 31.9 Å². The number of tetrazole rings is 1. The molecule has 0 amide bonds. The Hall–Kier alpha value is -3.76. The van der Waals surface area contributed by atoms with Crippen LogP contribution in [-0.4, -0.2) is 50.5 Å². The number of alkyl halides is 9. The molecule has 0 bridgehead atoms. The Balaban J connectivity index is 0.00000625. The Morgan fingerprint density at radius 1 is 0.875 bits per heavy atom. The molecule has 48 heavy (non-hydrogen) atoms. The standard InChI is InChI=1S/C30H33F9N6O2.ClH/c1-3-44(15-18-4-7-21(8-5-18)26(46)47)25-9-6-19(14-28(31,32)33)10-22(25)17-45(27-40-42-43(2)41-27)16-20-11-23(29(34,35)36)13-24(12-20)30(37,38)39;/h6,9-13,18,21H,3-5,7-8,14-17H2,1-2H3,(H,46,47);1H.